The van der Waals surface area contributed by atoms with Crippen LogP contribution in [0.25, 0.3) is 0 Å². The largest absolute Gasteiger partial charge is 0.493 e. The molecule has 2 amide bonds. The molecule has 2 rings (SSSR count). The Morgan fingerprint density at radius 3 is 2.43 bits per heavy atom. The van der Waals surface area contributed by atoms with Gasteiger partial charge in [-0.1, -0.05) is 0 Å². The number of carbonyl (C=O) groups is 2. The summed E-state index contributed by atoms with van der Waals surface area (Å²) in [4.78, 5) is 23.0. The molecule has 2 aromatic carbocycles. The number of nitrogens with two attached hydrogens (primary N) is 1. The van der Waals surface area contributed by atoms with E-state index in [1.807, 2.05) is 24.3 Å². The fourth-order valence-corrected chi connectivity index (χ4v) is 2.17. The van der Waals surface area contributed by atoms with Gasteiger partial charge in [0.05, 0.1) is 7.11 Å². The zero-order valence-electron chi connectivity index (χ0n) is 12.3. The van der Waals surface area contributed by atoms with Crippen molar-refractivity contribution in [2.24, 2.45) is 5.73 Å². The van der Waals surface area contributed by atoms with Crippen molar-refractivity contribution in [3.05, 3.63) is 51.6 Å². The lowest BCUT2D eigenvalue weighted by molar-refractivity contribution is -0.119. The molecule has 0 radical (unpaired) electrons. The number of carbonyl (C=O) groups excluding carboxylic acids is 2. The van der Waals surface area contributed by atoms with E-state index in [0.717, 1.165) is 3.57 Å². The molecule has 2 aromatic rings. The molecule has 0 atom stereocenters. The fourth-order valence-electron chi connectivity index (χ4n) is 1.81. The van der Waals surface area contributed by atoms with Gasteiger partial charge in [-0.05, 0) is 65.1 Å². The predicted molar refractivity (Wildman–Crippen MR) is 94.8 cm³/mol. The van der Waals surface area contributed by atoms with Crippen LogP contribution in [0, 0.1) is 3.57 Å². The number of benzene rings is 2. The number of primary amides is 1. The molecule has 0 bridgehead atoms. The molecule has 0 saturated heterocycles. The number of anilines is 1. The molecular formula is C16H15IN2O4. The average molecular weight is 426 g/mol. The van der Waals surface area contributed by atoms with Gasteiger partial charge in [-0.2, -0.15) is 0 Å². The van der Waals surface area contributed by atoms with E-state index in [1.165, 1.54) is 7.11 Å². The highest BCUT2D eigenvalue weighted by molar-refractivity contribution is 14.1. The Bertz CT molecular complexity index is 717. The summed E-state index contributed by atoms with van der Waals surface area (Å²) in [6.45, 7) is -0.259. The van der Waals surface area contributed by atoms with Gasteiger partial charge in [0.2, 0.25) is 0 Å². The average Bonchev–Trinajstić information content (AvgIpc) is 2.54. The summed E-state index contributed by atoms with van der Waals surface area (Å²) in [6.07, 6.45) is 0. The monoisotopic (exact) mass is 426 g/mol. The number of hydrogen-bond donors (Lipinski definition) is 2. The first kappa shape index (κ1) is 17.1. The fraction of sp³-hybridized carbons (Fsp3) is 0.125. The molecule has 0 spiro atoms. The molecule has 0 unspecified atom stereocenters. The van der Waals surface area contributed by atoms with Crippen molar-refractivity contribution in [3.8, 4) is 11.5 Å². The highest BCUT2D eigenvalue weighted by Gasteiger charge is 2.12. The lowest BCUT2D eigenvalue weighted by Crippen LogP contribution is -2.20. The van der Waals surface area contributed by atoms with Crippen LogP contribution in [0.15, 0.2) is 42.5 Å². The summed E-state index contributed by atoms with van der Waals surface area (Å²) in [7, 11) is 1.45. The summed E-state index contributed by atoms with van der Waals surface area (Å²) in [5.74, 6) is -0.169. The molecule has 3 N–H and O–H groups in total. The molecule has 0 saturated carbocycles. The molecule has 0 aliphatic heterocycles. The van der Waals surface area contributed by atoms with Crippen LogP contribution >= 0.6 is 22.6 Å². The molecular weight excluding hydrogens is 411 g/mol. The van der Waals surface area contributed by atoms with Crippen LogP contribution in [0.1, 0.15) is 10.4 Å². The van der Waals surface area contributed by atoms with Gasteiger partial charge in [-0.15, -0.1) is 0 Å². The van der Waals surface area contributed by atoms with Gasteiger partial charge in [-0.25, -0.2) is 0 Å². The van der Waals surface area contributed by atoms with Gasteiger partial charge in [0.15, 0.2) is 18.1 Å². The molecule has 120 valence electrons. The predicted octanol–water partition coefficient (Wildman–Crippen LogP) is 2.42. The van der Waals surface area contributed by atoms with Crippen molar-refractivity contribution in [2.75, 3.05) is 19.0 Å². The van der Waals surface area contributed by atoms with Gasteiger partial charge in [-0.3, -0.25) is 9.59 Å². The third-order valence-corrected chi connectivity index (χ3v) is 3.62. The van der Waals surface area contributed by atoms with Crippen LogP contribution in [0.2, 0.25) is 0 Å². The van der Waals surface area contributed by atoms with E-state index in [-0.39, 0.29) is 12.5 Å². The molecule has 23 heavy (non-hydrogen) atoms. The lowest BCUT2D eigenvalue weighted by Gasteiger charge is -2.11. The normalized spacial score (nSPS) is 10.0. The van der Waals surface area contributed by atoms with E-state index in [1.54, 1.807) is 18.2 Å². The van der Waals surface area contributed by atoms with Crippen molar-refractivity contribution < 1.29 is 19.1 Å². The van der Waals surface area contributed by atoms with Crippen molar-refractivity contribution >= 4 is 40.1 Å². The van der Waals surface area contributed by atoms with Gasteiger partial charge in [0.1, 0.15) is 0 Å². The number of hydrogen-bond acceptors (Lipinski definition) is 4. The molecule has 7 heteroatoms. The Kier molecular flexibility index (Phi) is 5.80. The maximum absolute atomic E-state index is 12.3. The van der Waals surface area contributed by atoms with Crippen molar-refractivity contribution in [2.45, 2.75) is 0 Å². The second-order valence-electron chi connectivity index (χ2n) is 4.58. The number of rotatable bonds is 6. The molecule has 0 aliphatic rings. The van der Waals surface area contributed by atoms with Crippen LogP contribution < -0.4 is 20.5 Å². The summed E-state index contributed by atoms with van der Waals surface area (Å²) in [5.41, 5.74) is 6.14. The third-order valence-electron chi connectivity index (χ3n) is 2.90. The Morgan fingerprint density at radius 2 is 1.83 bits per heavy atom. The topological polar surface area (TPSA) is 90.7 Å². The number of halogens is 1. The van der Waals surface area contributed by atoms with Gasteiger partial charge >= 0.3 is 0 Å². The smallest absolute Gasteiger partial charge is 0.255 e. The first-order chi connectivity index (χ1) is 11.0. The molecule has 0 aromatic heterocycles. The standard InChI is InChI=1S/C16H15IN2O4/c1-22-14-8-10(2-7-13(14)23-9-15(18)20)16(21)19-12-5-3-11(17)4-6-12/h2-8H,9H2,1H3,(H2,18,20)(H,19,21). The van der Waals surface area contributed by atoms with Crippen LogP contribution in [-0.4, -0.2) is 25.5 Å². The second kappa shape index (κ2) is 7.82. The Labute approximate surface area is 147 Å². The SMILES string of the molecule is COc1cc(C(=O)Nc2ccc(I)cc2)ccc1OCC(N)=O. The van der Waals surface area contributed by atoms with Gasteiger partial charge in [0, 0.05) is 14.8 Å². The van der Waals surface area contributed by atoms with Gasteiger partial charge in [0.25, 0.3) is 11.8 Å². The Hall–Kier alpha value is -2.29. The molecule has 0 aliphatic carbocycles. The van der Waals surface area contributed by atoms with Crippen molar-refractivity contribution in [1.29, 1.82) is 0 Å². The van der Waals surface area contributed by atoms with E-state index in [9.17, 15) is 9.59 Å². The maximum atomic E-state index is 12.3. The summed E-state index contributed by atoms with van der Waals surface area (Å²) >= 11 is 2.19. The van der Waals surface area contributed by atoms with E-state index in [4.69, 9.17) is 15.2 Å². The Balaban J connectivity index is 2.14. The zero-order valence-corrected chi connectivity index (χ0v) is 14.5. The molecule has 6 nitrogen and oxygen atoms in total. The van der Waals surface area contributed by atoms with E-state index in [2.05, 4.69) is 27.9 Å². The van der Waals surface area contributed by atoms with E-state index in [0.29, 0.717) is 22.7 Å². The highest BCUT2D eigenvalue weighted by Crippen LogP contribution is 2.28. The first-order valence-corrected chi connectivity index (χ1v) is 7.73. The lowest BCUT2D eigenvalue weighted by atomic mass is 10.2. The van der Waals surface area contributed by atoms with Crippen LogP contribution in [-0.2, 0) is 4.79 Å². The quantitative estimate of drug-likeness (QED) is 0.695. The maximum Gasteiger partial charge on any atom is 0.255 e. The molecule has 0 heterocycles. The van der Waals surface area contributed by atoms with E-state index < -0.39 is 5.91 Å². The summed E-state index contributed by atoms with van der Waals surface area (Å²) in [5, 5.41) is 2.79. The molecule has 0 fully saturated rings. The third kappa shape index (κ3) is 4.85. The highest BCUT2D eigenvalue weighted by atomic mass is 127. The summed E-state index contributed by atoms with van der Waals surface area (Å²) in [6, 6.07) is 12.1. The second-order valence-corrected chi connectivity index (χ2v) is 5.83. The number of methoxy groups -OCH3 is 1. The van der Waals surface area contributed by atoms with Crippen LogP contribution in [0.5, 0.6) is 11.5 Å². The van der Waals surface area contributed by atoms with Gasteiger partial charge < -0.3 is 20.5 Å². The van der Waals surface area contributed by atoms with Crippen LogP contribution in [0.3, 0.4) is 0 Å². The minimum absolute atomic E-state index is 0.259. The minimum atomic E-state index is -0.590. The summed E-state index contributed by atoms with van der Waals surface area (Å²) < 4.78 is 11.5. The minimum Gasteiger partial charge on any atom is -0.493 e. The van der Waals surface area contributed by atoms with E-state index >= 15 is 0 Å². The first-order valence-electron chi connectivity index (χ1n) is 6.65. The van der Waals surface area contributed by atoms with Crippen molar-refractivity contribution in [1.82, 2.24) is 0 Å². The Morgan fingerprint density at radius 1 is 1.13 bits per heavy atom. The number of amides is 2. The number of ether oxygens (including phenoxy) is 2. The zero-order chi connectivity index (χ0) is 16.8. The van der Waals surface area contributed by atoms with Crippen LogP contribution in [0.4, 0.5) is 5.69 Å². The van der Waals surface area contributed by atoms with Crippen molar-refractivity contribution in [3.63, 3.8) is 0 Å². The number of nitrogens with one attached hydrogen (secondary N) is 1.